The maximum atomic E-state index is 4.24. The summed E-state index contributed by atoms with van der Waals surface area (Å²) in [5.74, 6) is 0.864. The molecular weight excluding hydrogens is 148 g/mol. The van der Waals surface area contributed by atoms with Gasteiger partial charge in [-0.2, -0.15) is 0 Å². The van der Waals surface area contributed by atoms with Gasteiger partial charge in [0.15, 0.2) is 0 Å². The Balaban J connectivity index is 4.67. The molecule has 0 aromatic carbocycles. The first-order chi connectivity index (χ1) is 5.52. The zero-order valence-electron chi connectivity index (χ0n) is 8.63. The fourth-order valence-corrected chi connectivity index (χ4v) is 0.688. The van der Waals surface area contributed by atoms with Gasteiger partial charge in [-0.05, 0) is 13.8 Å². The molecule has 0 radical (unpaired) electrons. The molecule has 0 heterocycles. The smallest absolute Gasteiger partial charge is 0.133 e. The van der Waals surface area contributed by atoms with Crippen LogP contribution in [-0.4, -0.2) is 12.1 Å². The van der Waals surface area contributed by atoms with Crippen molar-refractivity contribution in [1.82, 2.24) is 0 Å². The molecular formula is C10H18N2. The Kier molecular flexibility index (Phi) is 4.49. The van der Waals surface area contributed by atoms with Crippen LogP contribution >= 0.6 is 0 Å². The standard InChI is InChI=1S/C10H18N2/c1-6-8-12-9(11-7-2)10(3,4)5/h6-8H,1-5H3/b8-6-,11-7?,12-9?. The predicted octanol–water partition coefficient (Wildman–Crippen LogP) is 3.06. The molecule has 0 saturated heterocycles. The Labute approximate surface area is 75.1 Å². The number of rotatable bonds is 1. The first-order valence-corrected chi connectivity index (χ1v) is 4.20. The molecule has 0 aromatic heterocycles. The van der Waals surface area contributed by atoms with Gasteiger partial charge in [-0.3, -0.25) is 0 Å². The normalized spacial score (nSPS) is 14.9. The molecule has 0 aliphatic carbocycles. The summed E-state index contributed by atoms with van der Waals surface area (Å²) in [7, 11) is 0. The van der Waals surface area contributed by atoms with Crippen molar-refractivity contribution < 1.29 is 0 Å². The first-order valence-electron chi connectivity index (χ1n) is 4.20. The van der Waals surface area contributed by atoms with Gasteiger partial charge in [0, 0.05) is 17.8 Å². The molecule has 0 atom stereocenters. The van der Waals surface area contributed by atoms with E-state index >= 15 is 0 Å². The molecule has 0 N–H and O–H groups in total. The Morgan fingerprint density at radius 1 is 1.17 bits per heavy atom. The minimum absolute atomic E-state index is 0.0199. The summed E-state index contributed by atoms with van der Waals surface area (Å²) in [6.07, 6.45) is 5.44. The summed E-state index contributed by atoms with van der Waals surface area (Å²) in [6, 6.07) is 0. The zero-order valence-corrected chi connectivity index (χ0v) is 8.63. The lowest BCUT2D eigenvalue weighted by atomic mass is 9.95. The minimum atomic E-state index is 0.0199. The van der Waals surface area contributed by atoms with Gasteiger partial charge in [-0.1, -0.05) is 26.8 Å². The van der Waals surface area contributed by atoms with Crippen LogP contribution in [-0.2, 0) is 0 Å². The molecule has 0 rings (SSSR count). The highest BCUT2D eigenvalue weighted by Gasteiger charge is 2.16. The van der Waals surface area contributed by atoms with Crippen LogP contribution in [0.25, 0.3) is 0 Å². The van der Waals surface area contributed by atoms with Crippen molar-refractivity contribution in [1.29, 1.82) is 0 Å². The number of allylic oxidation sites excluding steroid dienone is 1. The third-order valence-corrected chi connectivity index (χ3v) is 1.27. The maximum Gasteiger partial charge on any atom is 0.133 e. The van der Waals surface area contributed by atoms with Gasteiger partial charge in [-0.15, -0.1) is 0 Å². The lowest BCUT2D eigenvalue weighted by Crippen LogP contribution is -2.17. The van der Waals surface area contributed by atoms with E-state index in [1.807, 2.05) is 19.9 Å². The van der Waals surface area contributed by atoms with Crippen LogP contribution in [0.4, 0.5) is 0 Å². The Morgan fingerprint density at radius 3 is 2.08 bits per heavy atom. The molecule has 68 valence electrons. The first kappa shape index (κ1) is 11.1. The van der Waals surface area contributed by atoms with Gasteiger partial charge in [0.1, 0.15) is 5.84 Å². The lowest BCUT2D eigenvalue weighted by molar-refractivity contribution is 0.585. The van der Waals surface area contributed by atoms with Crippen LogP contribution in [0.2, 0.25) is 0 Å². The molecule has 12 heavy (non-hydrogen) atoms. The predicted molar refractivity (Wildman–Crippen MR) is 55.9 cm³/mol. The van der Waals surface area contributed by atoms with E-state index in [1.54, 1.807) is 12.4 Å². The van der Waals surface area contributed by atoms with E-state index in [-0.39, 0.29) is 5.41 Å². The third-order valence-electron chi connectivity index (χ3n) is 1.27. The van der Waals surface area contributed by atoms with Gasteiger partial charge < -0.3 is 0 Å². The highest BCUT2D eigenvalue weighted by Crippen LogP contribution is 2.16. The number of amidine groups is 1. The van der Waals surface area contributed by atoms with Crippen LogP contribution in [0, 0.1) is 5.41 Å². The summed E-state index contributed by atoms with van der Waals surface area (Å²) in [5, 5.41) is 0. The molecule has 0 saturated carbocycles. The SMILES string of the molecule is CC=NC(=N/C=C\C)C(C)(C)C. The second-order valence-corrected chi connectivity index (χ2v) is 3.57. The summed E-state index contributed by atoms with van der Waals surface area (Å²) in [4.78, 5) is 8.45. The van der Waals surface area contributed by atoms with Gasteiger partial charge in [-0.25, -0.2) is 9.98 Å². The number of nitrogens with zero attached hydrogens (tertiary/aromatic N) is 2. The van der Waals surface area contributed by atoms with Crippen LogP contribution in [0.15, 0.2) is 22.3 Å². The van der Waals surface area contributed by atoms with Crippen molar-refractivity contribution in [2.24, 2.45) is 15.4 Å². The number of hydrogen-bond acceptors (Lipinski definition) is 1. The summed E-state index contributed by atoms with van der Waals surface area (Å²) in [5.41, 5.74) is 0.0199. The summed E-state index contributed by atoms with van der Waals surface area (Å²) >= 11 is 0. The fourth-order valence-electron chi connectivity index (χ4n) is 0.688. The van der Waals surface area contributed by atoms with E-state index in [9.17, 15) is 0 Å². The van der Waals surface area contributed by atoms with E-state index in [0.29, 0.717) is 0 Å². The summed E-state index contributed by atoms with van der Waals surface area (Å²) in [6.45, 7) is 10.1. The Bertz CT molecular complexity index is 204. The number of aliphatic imine (C=N–C) groups is 2. The van der Waals surface area contributed by atoms with E-state index in [0.717, 1.165) is 5.84 Å². The Hall–Kier alpha value is -0.920. The minimum Gasteiger partial charge on any atom is -0.246 e. The van der Waals surface area contributed by atoms with E-state index in [4.69, 9.17) is 0 Å². The molecule has 0 aliphatic heterocycles. The van der Waals surface area contributed by atoms with Crippen molar-refractivity contribution in [3.8, 4) is 0 Å². The largest absolute Gasteiger partial charge is 0.246 e. The fraction of sp³-hybridized carbons (Fsp3) is 0.600. The highest BCUT2D eigenvalue weighted by atomic mass is 14.9. The molecule has 0 aromatic rings. The van der Waals surface area contributed by atoms with Crippen LogP contribution < -0.4 is 0 Å². The molecule has 0 amide bonds. The summed E-state index contributed by atoms with van der Waals surface area (Å²) < 4.78 is 0. The van der Waals surface area contributed by atoms with E-state index < -0.39 is 0 Å². The molecule has 0 bridgehead atoms. The monoisotopic (exact) mass is 166 g/mol. The maximum absolute atomic E-state index is 4.24. The molecule has 2 heteroatoms. The molecule has 0 fully saturated rings. The van der Waals surface area contributed by atoms with Gasteiger partial charge in [0.2, 0.25) is 0 Å². The van der Waals surface area contributed by atoms with Gasteiger partial charge in [0.05, 0.1) is 0 Å². The lowest BCUT2D eigenvalue weighted by Gasteiger charge is -2.16. The zero-order chi connectivity index (χ0) is 9.61. The van der Waals surface area contributed by atoms with Crippen molar-refractivity contribution in [2.45, 2.75) is 34.6 Å². The van der Waals surface area contributed by atoms with Crippen molar-refractivity contribution in [2.75, 3.05) is 0 Å². The molecule has 0 unspecified atom stereocenters. The van der Waals surface area contributed by atoms with Crippen LogP contribution in [0.1, 0.15) is 34.6 Å². The average Bonchev–Trinajstić information content (AvgIpc) is 1.95. The Morgan fingerprint density at radius 2 is 1.75 bits per heavy atom. The molecule has 0 aliphatic rings. The van der Waals surface area contributed by atoms with Crippen molar-refractivity contribution in [3.63, 3.8) is 0 Å². The molecule has 2 nitrogen and oxygen atoms in total. The molecule has 0 spiro atoms. The van der Waals surface area contributed by atoms with E-state index in [1.165, 1.54) is 0 Å². The van der Waals surface area contributed by atoms with Gasteiger partial charge >= 0.3 is 0 Å². The van der Waals surface area contributed by atoms with Gasteiger partial charge in [0.25, 0.3) is 0 Å². The van der Waals surface area contributed by atoms with E-state index in [2.05, 4.69) is 30.8 Å². The highest BCUT2D eigenvalue weighted by molar-refractivity contribution is 5.93. The number of hydrogen-bond donors (Lipinski definition) is 0. The van der Waals surface area contributed by atoms with Crippen molar-refractivity contribution in [3.05, 3.63) is 12.3 Å². The third kappa shape index (κ3) is 4.06. The quantitative estimate of drug-likeness (QED) is 0.422. The second-order valence-electron chi connectivity index (χ2n) is 3.57. The topological polar surface area (TPSA) is 24.7 Å². The second kappa shape index (κ2) is 4.86. The van der Waals surface area contributed by atoms with Crippen LogP contribution in [0.3, 0.4) is 0 Å². The average molecular weight is 166 g/mol. The van der Waals surface area contributed by atoms with Crippen molar-refractivity contribution >= 4 is 12.1 Å². The van der Waals surface area contributed by atoms with Crippen LogP contribution in [0.5, 0.6) is 0 Å².